The first-order valence-electron chi connectivity index (χ1n) is 6.79. The minimum absolute atomic E-state index is 0.459. The summed E-state index contributed by atoms with van der Waals surface area (Å²) in [4.78, 5) is 2.45. The first kappa shape index (κ1) is 12.3. The van der Waals surface area contributed by atoms with Gasteiger partial charge in [-0.25, -0.2) is 0 Å². The molecule has 2 aliphatic rings. The summed E-state index contributed by atoms with van der Waals surface area (Å²) in [6, 6.07) is 0.734. The van der Waals surface area contributed by atoms with Crippen LogP contribution in [0.3, 0.4) is 0 Å². The van der Waals surface area contributed by atoms with Gasteiger partial charge in [-0.2, -0.15) is 0 Å². The zero-order valence-corrected chi connectivity index (χ0v) is 10.7. The summed E-state index contributed by atoms with van der Waals surface area (Å²) in [5.41, 5.74) is 0. The number of nitrogens with zero attached hydrogens (tertiary/aromatic N) is 1. The van der Waals surface area contributed by atoms with E-state index in [1.165, 1.54) is 38.8 Å². The van der Waals surface area contributed by atoms with Crippen LogP contribution in [0.15, 0.2) is 0 Å². The van der Waals surface area contributed by atoms with Crippen LogP contribution in [0.5, 0.6) is 0 Å². The molecule has 0 radical (unpaired) electrons. The van der Waals surface area contributed by atoms with Crippen LogP contribution in [0.1, 0.15) is 32.6 Å². The van der Waals surface area contributed by atoms with Gasteiger partial charge in [0.25, 0.3) is 0 Å². The molecule has 3 unspecified atom stereocenters. The lowest BCUT2D eigenvalue weighted by molar-refractivity contribution is 0.104. The van der Waals surface area contributed by atoms with Gasteiger partial charge in [0, 0.05) is 19.2 Å². The SMILES string of the molecule is CC1OCCC1CNC1CCCN(C)CC1. The van der Waals surface area contributed by atoms with Crippen molar-refractivity contribution in [3.63, 3.8) is 0 Å². The summed E-state index contributed by atoms with van der Waals surface area (Å²) in [5.74, 6) is 0.737. The molecule has 2 fully saturated rings. The number of rotatable bonds is 3. The van der Waals surface area contributed by atoms with E-state index in [1.807, 2.05) is 0 Å². The maximum absolute atomic E-state index is 5.60. The van der Waals surface area contributed by atoms with E-state index in [9.17, 15) is 0 Å². The number of ether oxygens (including phenoxy) is 1. The fraction of sp³-hybridized carbons (Fsp3) is 1.00. The van der Waals surface area contributed by atoms with Crippen molar-refractivity contribution >= 4 is 0 Å². The van der Waals surface area contributed by atoms with Crippen molar-refractivity contribution in [2.75, 3.05) is 33.3 Å². The second kappa shape index (κ2) is 5.99. The molecule has 2 rings (SSSR count). The smallest absolute Gasteiger partial charge is 0.0588 e. The molecule has 3 nitrogen and oxygen atoms in total. The Morgan fingerprint density at radius 2 is 2.12 bits per heavy atom. The van der Waals surface area contributed by atoms with Crippen LogP contribution < -0.4 is 5.32 Å². The van der Waals surface area contributed by atoms with E-state index in [1.54, 1.807) is 0 Å². The Kier molecular flexibility index (Phi) is 4.62. The molecule has 2 saturated heterocycles. The average molecular weight is 226 g/mol. The number of hydrogen-bond acceptors (Lipinski definition) is 3. The maximum Gasteiger partial charge on any atom is 0.0588 e. The van der Waals surface area contributed by atoms with Crippen LogP contribution >= 0.6 is 0 Å². The zero-order chi connectivity index (χ0) is 11.4. The van der Waals surface area contributed by atoms with Crippen LogP contribution in [0.25, 0.3) is 0 Å². The molecule has 0 spiro atoms. The number of hydrogen-bond donors (Lipinski definition) is 1. The summed E-state index contributed by atoms with van der Waals surface area (Å²) < 4.78 is 5.60. The molecule has 0 aromatic carbocycles. The van der Waals surface area contributed by atoms with Gasteiger partial charge in [-0.3, -0.25) is 0 Å². The Bertz CT molecular complexity index is 210. The molecular formula is C13H26N2O. The predicted octanol–water partition coefficient (Wildman–Crippen LogP) is 1.49. The third kappa shape index (κ3) is 3.44. The molecule has 0 bridgehead atoms. The van der Waals surface area contributed by atoms with Crippen molar-refractivity contribution in [1.29, 1.82) is 0 Å². The molecule has 0 amide bonds. The van der Waals surface area contributed by atoms with Gasteiger partial charge in [-0.1, -0.05) is 0 Å². The molecular weight excluding hydrogens is 200 g/mol. The Balaban J connectivity index is 1.68. The molecule has 3 atom stereocenters. The quantitative estimate of drug-likeness (QED) is 0.789. The fourth-order valence-electron chi connectivity index (χ4n) is 2.81. The highest BCUT2D eigenvalue weighted by atomic mass is 16.5. The van der Waals surface area contributed by atoms with Gasteiger partial charge in [0.05, 0.1) is 6.10 Å². The molecule has 16 heavy (non-hydrogen) atoms. The van der Waals surface area contributed by atoms with E-state index in [-0.39, 0.29) is 0 Å². The standard InChI is InChI=1S/C13H26N2O/c1-11-12(6-9-16-11)10-14-13-4-3-7-15(2)8-5-13/h11-14H,3-10H2,1-2H3. The van der Waals surface area contributed by atoms with Gasteiger partial charge in [0.1, 0.15) is 0 Å². The summed E-state index contributed by atoms with van der Waals surface area (Å²) in [6.45, 7) is 6.83. The van der Waals surface area contributed by atoms with Crippen LogP contribution in [0, 0.1) is 5.92 Å². The van der Waals surface area contributed by atoms with E-state index >= 15 is 0 Å². The molecule has 0 aromatic heterocycles. The van der Waals surface area contributed by atoms with Gasteiger partial charge in [0.15, 0.2) is 0 Å². The molecule has 0 aliphatic carbocycles. The monoisotopic (exact) mass is 226 g/mol. The summed E-state index contributed by atoms with van der Waals surface area (Å²) in [5, 5.41) is 3.75. The van der Waals surface area contributed by atoms with Gasteiger partial charge in [-0.15, -0.1) is 0 Å². The lowest BCUT2D eigenvalue weighted by Gasteiger charge is -2.21. The lowest BCUT2D eigenvalue weighted by atomic mass is 10.0. The second-order valence-corrected chi connectivity index (χ2v) is 5.46. The van der Waals surface area contributed by atoms with Crippen molar-refractivity contribution in [2.24, 2.45) is 5.92 Å². The van der Waals surface area contributed by atoms with E-state index in [0.717, 1.165) is 25.1 Å². The summed E-state index contributed by atoms with van der Waals surface area (Å²) in [7, 11) is 2.23. The third-order valence-electron chi connectivity index (χ3n) is 4.15. The highest BCUT2D eigenvalue weighted by Gasteiger charge is 2.25. The van der Waals surface area contributed by atoms with E-state index < -0.39 is 0 Å². The van der Waals surface area contributed by atoms with Gasteiger partial charge >= 0.3 is 0 Å². The predicted molar refractivity (Wildman–Crippen MR) is 66.7 cm³/mol. The van der Waals surface area contributed by atoms with Crippen LogP contribution in [0.4, 0.5) is 0 Å². The van der Waals surface area contributed by atoms with Gasteiger partial charge in [0.2, 0.25) is 0 Å². The van der Waals surface area contributed by atoms with Crippen molar-refractivity contribution in [3.05, 3.63) is 0 Å². The molecule has 0 saturated carbocycles. The average Bonchev–Trinajstić information content (AvgIpc) is 2.55. The van der Waals surface area contributed by atoms with Crippen LogP contribution in [-0.4, -0.2) is 50.3 Å². The number of likely N-dealkylation sites (tertiary alicyclic amines) is 1. The molecule has 2 heterocycles. The van der Waals surface area contributed by atoms with Crippen LogP contribution in [-0.2, 0) is 4.74 Å². The normalized spacial score (nSPS) is 37.5. The van der Waals surface area contributed by atoms with E-state index in [0.29, 0.717) is 6.10 Å². The highest BCUT2D eigenvalue weighted by Crippen LogP contribution is 2.20. The first-order valence-corrected chi connectivity index (χ1v) is 6.79. The van der Waals surface area contributed by atoms with Crippen molar-refractivity contribution in [2.45, 2.75) is 44.8 Å². The molecule has 3 heteroatoms. The van der Waals surface area contributed by atoms with Crippen molar-refractivity contribution in [1.82, 2.24) is 10.2 Å². The summed E-state index contributed by atoms with van der Waals surface area (Å²) in [6.07, 6.45) is 5.68. The van der Waals surface area contributed by atoms with E-state index in [2.05, 4.69) is 24.2 Å². The Morgan fingerprint density at radius 3 is 2.88 bits per heavy atom. The third-order valence-corrected chi connectivity index (χ3v) is 4.15. The van der Waals surface area contributed by atoms with Crippen molar-refractivity contribution in [3.8, 4) is 0 Å². The Morgan fingerprint density at radius 1 is 1.25 bits per heavy atom. The molecule has 1 N–H and O–H groups in total. The zero-order valence-electron chi connectivity index (χ0n) is 10.7. The minimum atomic E-state index is 0.459. The molecule has 94 valence electrons. The Hall–Kier alpha value is -0.120. The fourth-order valence-corrected chi connectivity index (χ4v) is 2.81. The minimum Gasteiger partial charge on any atom is -0.378 e. The Labute approximate surface area is 99.5 Å². The largest absolute Gasteiger partial charge is 0.378 e. The first-order chi connectivity index (χ1) is 7.75. The maximum atomic E-state index is 5.60. The second-order valence-electron chi connectivity index (χ2n) is 5.46. The summed E-state index contributed by atoms with van der Waals surface area (Å²) >= 11 is 0. The van der Waals surface area contributed by atoms with Gasteiger partial charge < -0.3 is 15.0 Å². The molecule has 2 aliphatic heterocycles. The topological polar surface area (TPSA) is 24.5 Å². The van der Waals surface area contributed by atoms with Gasteiger partial charge in [-0.05, 0) is 58.7 Å². The molecule has 0 aromatic rings. The van der Waals surface area contributed by atoms with E-state index in [4.69, 9.17) is 4.74 Å². The number of nitrogens with one attached hydrogen (secondary N) is 1. The van der Waals surface area contributed by atoms with Crippen LogP contribution in [0.2, 0.25) is 0 Å². The highest BCUT2D eigenvalue weighted by molar-refractivity contribution is 4.79. The van der Waals surface area contributed by atoms with Crippen molar-refractivity contribution < 1.29 is 4.74 Å². The lowest BCUT2D eigenvalue weighted by Crippen LogP contribution is -2.36.